The molecule has 6 nitrogen and oxygen atoms in total. The molecule has 0 bridgehead atoms. The molecule has 1 saturated heterocycles. The normalized spacial score (nSPS) is 17.9. The summed E-state index contributed by atoms with van der Waals surface area (Å²) in [7, 11) is 0. The molecule has 1 atom stereocenters. The van der Waals surface area contributed by atoms with E-state index in [1.54, 1.807) is 25.1 Å². The van der Waals surface area contributed by atoms with Crippen molar-refractivity contribution in [2.24, 2.45) is 5.92 Å². The highest BCUT2D eigenvalue weighted by Gasteiger charge is 2.28. The maximum atomic E-state index is 12.2. The lowest BCUT2D eigenvalue weighted by Gasteiger charge is -2.30. The number of aryl methyl sites for hydroxylation is 1. The van der Waals surface area contributed by atoms with Crippen LogP contribution in [0.15, 0.2) is 18.2 Å². The van der Waals surface area contributed by atoms with Gasteiger partial charge in [0.2, 0.25) is 0 Å². The molecule has 21 heavy (non-hydrogen) atoms. The zero-order valence-electron chi connectivity index (χ0n) is 11.8. The molecule has 2 N–H and O–H groups in total. The fourth-order valence-corrected chi connectivity index (χ4v) is 2.48. The minimum Gasteiger partial charge on any atom is -0.481 e. The predicted octanol–water partition coefficient (Wildman–Crippen LogP) is 2.20. The molecule has 2 amide bonds. The van der Waals surface area contributed by atoms with Crippen LogP contribution in [0, 0.1) is 24.2 Å². The van der Waals surface area contributed by atoms with E-state index in [4.69, 9.17) is 10.4 Å². The van der Waals surface area contributed by atoms with Gasteiger partial charge >= 0.3 is 12.0 Å². The number of nitrogens with zero attached hydrogens (tertiary/aromatic N) is 2. The lowest BCUT2D eigenvalue weighted by Crippen LogP contribution is -2.44. The van der Waals surface area contributed by atoms with Gasteiger partial charge in [-0.15, -0.1) is 0 Å². The number of anilines is 1. The van der Waals surface area contributed by atoms with Crippen LogP contribution in [-0.4, -0.2) is 35.1 Å². The molecule has 1 aliphatic rings. The number of aliphatic carboxylic acids is 1. The molecule has 0 radical (unpaired) electrons. The zero-order valence-corrected chi connectivity index (χ0v) is 11.8. The first-order valence-corrected chi connectivity index (χ1v) is 6.81. The van der Waals surface area contributed by atoms with Crippen LogP contribution in [-0.2, 0) is 4.79 Å². The summed E-state index contributed by atoms with van der Waals surface area (Å²) < 4.78 is 0. The highest BCUT2D eigenvalue weighted by atomic mass is 16.4. The van der Waals surface area contributed by atoms with Crippen molar-refractivity contribution in [3.8, 4) is 6.07 Å². The van der Waals surface area contributed by atoms with Crippen LogP contribution in [0.3, 0.4) is 0 Å². The van der Waals surface area contributed by atoms with Crippen molar-refractivity contribution < 1.29 is 14.7 Å². The third-order valence-corrected chi connectivity index (χ3v) is 3.68. The summed E-state index contributed by atoms with van der Waals surface area (Å²) in [4.78, 5) is 24.7. The van der Waals surface area contributed by atoms with Crippen LogP contribution in [0.2, 0.25) is 0 Å². The molecular formula is C15H17N3O3. The van der Waals surface area contributed by atoms with Crippen molar-refractivity contribution in [2.75, 3.05) is 18.4 Å². The van der Waals surface area contributed by atoms with E-state index >= 15 is 0 Å². The number of benzene rings is 1. The Kier molecular flexibility index (Phi) is 4.43. The average molecular weight is 287 g/mol. The second-order valence-electron chi connectivity index (χ2n) is 5.16. The fourth-order valence-electron chi connectivity index (χ4n) is 2.48. The van der Waals surface area contributed by atoms with E-state index in [1.807, 2.05) is 0 Å². The molecule has 2 rings (SSSR count). The molecule has 0 aliphatic carbocycles. The molecule has 110 valence electrons. The Hall–Kier alpha value is -2.55. The van der Waals surface area contributed by atoms with E-state index in [2.05, 4.69) is 11.4 Å². The summed E-state index contributed by atoms with van der Waals surface area (Å²) in [6.45, 7) is 2.54. The smallest absolute Gasteiger partial charge is 0.321 e. The number of rotatable bonds is 2. The van der Waals surface area contributed by atoms with Gasteiger partial charge in [0.15, 0.2) is 0 Å². The number of hydrogen-bond acceptors (Lipinski definition) is 3. The summed E-state index contributed by atoms with van der Waals surface area (Å²) in [5, 5.41) is 20.9. The minimum atomic E-state index is -0.874. The second kappa shape index (κ2) is 6.27. The van der Waals surface area contributed by atoms with Gasteiger partial charge < -0.3 is 15.3 Å². The number of carboxylic acid groups (broad SMARTS) is 1. The Morgan fingerprint density at radius 3 is 2.90 bits per heavy atom. The second-order valence-corrected chi connectivity index (χ2v) is 5.16. The van der Waals surface area contributed by atoms with Gasteiger partial charge in [0.1, 0.15) is 6.07 Å². The SMILES string of the molecule is Cc1cccc(NC(=O)N2CCCC(C(=O)O)C2)c1C#N. The highest BCUT2D eigenvalue weighted by molar-refractivity contribution is 5.91. The number of urea groups is 1. The first kappa shape index (κ1) is 14.9. The van der Waals surface area contributed by atoms with Gasteiger partial charge in [-0.1, -0.05) is 12.1 Å². The predicted molar refractivity (Wildman–Crippen MR) is 76.8 cm³/mol. The van der Waals surface area contributed by atoms with Gasteiger partial charge in [-0.2, -0.15) is 5.26 Å². The topological polar surface area (TPSA) is 93.4 Å². The number of amides is 2. The lowest BCUT2D eigenvalue weighted by atomic mass is 9.99. The number of nitrogens with one attached hydrogen (secondary N) is 1. The number of hydrogen-bond donors (Lipinski definition) is 2. The van der Waals surface area contributed by atoms with Crippen LogP contribution < -0.4 is 5.32 Å². The molecule has 1 aliphatic heterocycles. The van der Waals surface area contributed by atoms with Crippen LogP contribution in [0.1, 0.15) is 24.0 Å². The molecule has 1 fully saturated rings. The maximum absolute atomic E-state index is 12.2. The molecular weight excluding hydrogens is 270 g/mol. The van der Waals surface area contributed by atoms with Crippen molar-refractivity contribution in [3.63, 3.8) is 0 Å². The number of carbonyl (C=O) groups excluding carboxylic acids is 1. The standard InChI is InChI=1S/C15H17N3O3/c1-10-4-2-6-13(12(10)8-16)17-15(21)18-7-3-5-11(9-18)14(19)20/h2,4,6,11H,3,5,7,9H2,1H3,(H,17,21)(H,19,20). The van der Waals surface area contributed by atoms with Crippen molar-refractivity contribution in [1.29, 1.82) is 5.26 Å². The summed E-state index contributed by atoms with van der Waals surface area (Å²) in [6, 6.07) is 6.95. The highest BCUT2D eigenvalue weighted by Crippen LogP contribution is 2.21. The summed E-state index contributed by atoms with van der Waals surface area (Å²) in [5.41, 5.74) is 1.68. The Balaban J connectivity index is 2.10. The summed E-state index contributed by atoms with van der Waals surface area (Å²) in [6.07, 6.45) is 1.26. The molecule has 1 heterocycles. The number of nitriles is 1. The van der Waals surface area contributed by atoms with E-state index in [-0.39, 0.29) is 12.6 Å². The average Bonchev–Trinajstić information content (AvgIpc) is 2.47. The summed E-state index contributed by atoms with van der Waals surface area (Å²) >= 11 is 0. The zero-order chi connectivity index (χ0) is 15.4. The van der Waals surface area contributed by atoms with Gasteiger partial charge in [-0.05, 0) is 31.4 Å². The van der Waals surface area contributed by atoms with Crippen molar-refractivity contribution >= 4 is 17.7 Å². The van der Waals surface area contributed by atoms with Crippen LogP contribution in [0.4, 0.5) is 10.5 Å². The van der Waals surface area contributed by atoms with Gasteiger partial charge in [-0.3, -0.25) is 4.79 Å². The molecule has 1 aromatic carbocycles. The third-order valence-electron chi connectivity index (χ3n) is 3.68. The quantitative estimate of drug-likeness (QED) is 0.872. The Morgan fingerprint density at radius 2 is 2.24 bits per heavy atom. The summed E-state index contributed by atoms with van der Waals surface area (Å²) in [5.74, 6) is -1.39. The number of carboxylic acids is 1. The number of carbonyl (C=O) groups is 2. The molecule has 0 saturated carbocycles. The van der Waals surface area contributed by atoms with Crippen molar-refractivity contribution in [2.45, 2.75) is 19.8 Å². The van der Waals surface area contributed by atoms with Gasteiger partial charge in [0.05, 0.1) is 17.2 Å². The molecule has 1 unspecified atom stereocenters. The van der Waals surface area contributed by atoms with Gasteiger partial charge in [0.25, 0.3) is 0 Å². The maximum Gasteiger partial charge on any atom is 0.321 e. The van der Waals surface area contributed by atoms with E-state index < -0.39 is 11.9 Å². The van der Waals surface area contributed by atoms with Crippen molar-refractivity contribution in [3.05, 3.63) is 29.3 Å². The Labute approximate surface area is 123 Å². The third kappa shape index (κ3) is 3.31. The monoisotopic (exact) mass is 287 g/mol. The van der Waals surface area contributed by atoms with Crippen molar-refractivity contribution in [1.82, 2.24) is 4.90 Å². The van der Waals surface area contributed by atoms with Gasteiger partial charge in [0, 0.05) is 13.1 Å². The first-order valence-electron chi connectivity index (χ1n) is 6.81. The lowest BCUT2D eigenvalue weighted by molar-refractivity contribution is -0.143. The van der Waals surface area contributed by atoms with Crippen LogP contribution >= 0.6 is 0 Å². The first-order chi connectivity index (χ1) is 10.0. The minimum absolute atomic E-state index is 0.203. The Bertz CT molecular complexity index is 607. The van der Waals surface area contributed by atoms with E-state index in [9.17, 15) is 9.59 Å². The van der Waals surface area contributed by atoms with E-state index in [0.29, 0.717) is 30.6 Å². The van der Waals surface area contributed by atoms with Gasteiger partial charge in [-0.25, -0.2) is 4.79 Å². The van der Waals surface area contributed by atoms with Crippen LogP contribution in [0.25, 0.3) is 0 Å². The van der Waals surface area contributed by atoms with E-state index in [0.717, 1.165) is 5.56 Å². The van der Waals surface area contributed by atoms with E-state index in [1.165, 1.54) is 4.90 Å². The van der Waals surface area contributed by atoms with Crippen LogP contribution in [0.5, 0.6) is 0 Å². The Morgan fingerprint density at radius 1 is 1.48 bits per heavy atom. The largest absolute Gasteiger partial charge is 0.481 e. The molecule has 6 heteroatoms. The molecule has 0 aromatic heterocycles. The fraction of sp³-hybridized carbons (Fsp3) is 0.400. The number of likely N-dealkylation sites (tertiary alicyclic amines) is 1. The number of piperidine rings is 1. The molecule has 0 spiro atoms. The molecule has 1 aromatic rings.